The molecule has 0 bridgehead atoms. The monoisotopic (exact) mass is 340 g/mol. The first-order chi connectivity index (χ1) is 12.5. The molecule has 4 rings (SSSR count). The Hall–Kier alpha value is -3.32. The van der Waals surface area contributed by atoms with Gasteiger partial charge in [0.25, 0.3) is 0 Å². The highest BCUT2D eigenvalue weighted by molar-refractivity contribution is 6.00. The van der Waals surface area contributed by atoms with Crippen molar-refractivity contribution in [3.8, 4) is 11.8 Å². The zero-order valence-corrected chi connectivity index (χ0v) is 14.9. The fourth-order valence-electron chi connectivity index (χ4n) is 2.91. The van der Waals surface area contributed by atoms with E-state index in [1.807, 2.05) is 36.4 Å². The van der Waals surface area contributed by atoms with Crippen molar-refractivity contribution in [1.82, 2.24) is 10.3 Å². The van der Waals surface area contributed by atoms with Crippen LogP contribution in [-0.2, 0) is 0 Å². The summed E-state index contributed by atoms with van der Waals surface area (Å²) in [7, 11) is 0. The van der Waals surface area contributed by atoms with Gasteiger partial charge in [0.1, 0.15) is 11.7 Å². The van der Waals surface area contributed by atoms with Gasteiger partial charge in [0.05, 0.1) is 17.6 Å². The average molecular weight is 340 g/mol. The third-order valence-corrected chi connectivity index (χ3v) is 4.31. The van der Waals surface area contributed by atoms with E-state index in [2.05, 4.69) is 53.1 Å². The van der Waals surface area contributed by atoms with E-state index in [9.17, 15) is 0 Å². The molecule has 0 saturated heterocycles. The van der Waals surface area contributed by atoms with Crippen molar-refractivity contribution in [3.63, 3.8) is 0 Å². The smallest absolute Gasteiger partial charge is 0.128 e. The third-order valence-electron chi connectivity index (χ3n) is 4.31. The minimum absolute atomic E-state index is 0.0291. The molecule has 26 heavy (non-hydrogen) atoms. The molecular formula is C22H20N4. The molecule has 3 aromatic rings. The van der Waals surface area contributed by atoms with Gasteiger partial charge in [0.2, 0.25) is 0 Å². The quantitative estimate of drug-likeness (QED) is 0.668. The highest BCUT2D eigenvalue weighted by Crippen LogP contribution is 2.16. The second-order valence-corrected chi connectivity index (χ2v) is 7.14. The molecule has 2 aromatic carbocycles. The average Bonchev–Trinajstić information content (AvgIpc) is 3.00. The van der Waals surface area contributed by atoms with Crippen LogP contribution in [0.5, 0.6) is 0 Å². The van der Waals surface area contributed by atoms with Gasteiger partial charge >= 0.3 is 0 Å². The number of rotatable bonds is 1. The number of nitrogen functional groups attached to an aromatic ring is 1. The Kier molecular flexibility index (Phi) is 3.85. The summed E-state index contributed by atoms with van der Waals surface area (Å²) in [6.45, 7) is 5.09. The lowest BCUT2D eigenvalue weighted by atomic mass is 10.1. The lowest BCUT2D eigenvalue weighted by Crippen LogP contribution is -2.39. The van der Waals surface area contributed by atoms with Gasteiger partial charge in [0.15, 0.2) is 0 Å². The zero-order valence-electron chi connectivity index (χ0n) is 14.9. The van der Waals surface area contributed by atoms with Crippen LogP contribution in [0.3, 0.4) is 0 Å². The number of fused-ring (bicyclic) bond motifs is 1. The van der Waals surface area contributed by atoms with Crippen molar-refractivity contribution in [2.75, 3.05) is 12.3 Å². The van der Waals surface area contributed by atoms with Gasteiger partial charge in [-0.05, 0) is 50.2 Å². The summed E-state index contributed by atoms with van der Waals surface area (Å²) in [5.41, 5.74) is 9.62. The third kappa shape index (κ3) is 3.38. The maximum Gasteiger partial charge on any atom is 0.128 e. The normalized spacial score (nSPS) is 15.1. The van der Waals surface area contributed by atoms with Gasteiger partial charge in [-0.2, -0.15) is 0 Å². The molecule has 1 aromatic heterocycles. The van der Waals surface area contributed by atoms with Crippen LogP contribution < -0.4 is 11.1 Å². The first-order valence-corrected chi connectivity index (χ1v) is 8.60. The lowest BCUT2D eigenvalue weighted by molar-refractivity contribution is 0.506. The first-order valence-electron chi connectivity index (χ1n) is 8.60. The van der Waals surface area contributed by atoms with Crippen molar-refractivity contribution in [2.45, 2.75) is 19.4 Å². The van der Waals surface area contributed by atoms with Crippen LogP contribution >= 0.6 is 0 Å². The molecular weight excluding hydrogens is 320 g/mol. The number of anilines is 1. The van der Waals surface area contributed by atoms with Gasteiger partial charge in [-0.25, -0.2) is 4.98 Å². The van der Waals surface area contributed by atoms with Crippen molar-refractivity contribution < 1.29 is 0 Å². The minimum Gasteiger partial charge on any atom is -0.384 e. The SMILES string of the molecule is CC1(C)CN=C(c2ccc(C#Cc3ccc4ccc(N)nc4c3)cc2)N1. The molecule has 1 aliphatic rings. The second kappa shape index (κ2) is 6.20. The number of hydrogen-bond donors (Lipinski definition) is 2. The summed E-state index contributed by atoms with van der Waals surface area (Å²) in [5.74, 6) is 7.87. The molecule has 4 nitrogen and oxygen atoms in total. The van der Waals surface area contributed by atoms with Crippen LogP contribution in [0.2, 0.25) is 0 Å². The van der Waals surface area contributed by atoms with Gasteiger partial charge in [0, 0.05) is 22.1 Å². The molecule has 0 spiro atoms. The largest absolute Gasteiger partial charge is 0.384 e. The van der Waals surface area contributed by atoms with Crippen molar-refractivity contribution >= 4 is 22.6 Å². The van der Waals surface area contributed by atoms with E-state index in [-0.39, 0.29) is 5.54 Å². The van der Waals surface area contributed by atoms with Crippen LogP contribution in [-0.4, -0.2) is 22.9 Å². The summed E-state index contributed by atoms with van der Waals surface area (Å²) >= 11 is 0. The molecule has 0 radical (unpaired) electrons. The van der Waals surface area contributed by atoms with Crippen LogP contribution in [0.4, 0.5) is 5.82 Å². The molecule has 3 N–H and O–H groups in total. The standard InChI is InChI=1S/C22H20N4/c1-22(2)14-24-21(26-22)18-9-5-15(6-10-18)3-4-16-7-8-17-11-12-20(23)25-19(17)13-16/h5-13H,14H2,1-2H3,(H2,23,25)(H,24,26). The Morgan fingerprint density at radius 1 is 0.962 bits per heavy atom. The van der Waals surface area contributed by atoms with E-state index in [0.29, 0.717) is 5.82 Å². The van der Waals surface area contributed by atoms with Crippen LogP contribution in [0.25, 0.3) is 10.9 Å². The summed E-state index contributed by atoms with van der Waals surface area (Å²) in [4.78, 5) is 8.92. The molecule has 0 amide bonds. The molecule has 2 heterocycles. The second-order valence-electron chi connectivity index (χ2n) is 7.14. The number of pyridine rings is 1. The van der Waals surface area contributed by atoms with Crippen LogP contribution in [0.15, 0.2) is 59.6 Å². The Morgan fingerprint density at radius 2 is 1.65 bits per heavy atom. The van der Waals surface area contributed by atoms with Gasteiger partial charge in [-0.3, -0.25) is 4.99 Å². The maximum atomic E-state index is 5.76. The highest BCUT2D eigenvalue weighted by Gasteiger charge is 2.25. The fraction of sp³-hybridized carbons (Fsp3) is 0.182. The number of benzene rings is 2. The predicted octanol–water partition coefficient (Wildman–Crippen LogP) is 3.35. The number of nitrogens with two attached hydrogens (primary N) is 1. The van der Waals surface area contributed by atoms with E-state index in [4.69, 9.17) is 5.73 Å². The van der Waals surface area contributed by atoms with E-state index in [1.165, 1.54) is 0 Å². The fourth-order valence-corrected chi connectivity index (χ4v) is 2.91. The number of amidine groups is 1. The van der Waals surface area contributed by atoms with Crippen LogP contribution in [0.1, 0.15) is 30.5 Å². The molecule has 4 heteroatoms. The molecule has 0 saturated carbocycles. The maximum absolute atomic E-state index is 5.76. The highest BCUT2D eigenvalue weighted by atomic mass is 15.1. The van der Waals surface area contributed by atoms with E-state index in [1.54, 1.807) is 6.07 Å². The Bertz CT molecular complexity index is 1070. The number of nitrogens with zero attached hydrogens (tertiary/aromatic N) is 2. The van der Waals surface area contributed by atoms with E-state index in [0.717, 1.165) is 40.0 Å². The zero-order chi connectivity index (χ0) is 18.1. The Labute approximate surface area is 153 Å². The first kappa shape index (κ1) is 16.2. The van der Waals surface area contributed by atoms with Crippen molar-refractivity contribution in [2.24, 2.45) is 4.99 Å². The summed E-state index contributed by atoms with van der Waals surface area (Å²) in [6, 6.07) is 17.9. The number of hydrogen-bond acceptors (Lipinski definition) is 4. The molecule has 128 valence electrons. The molecule has 0 unspecified atom stereocenters. The Morgan fingerprint density at radius 3 is 2.38 bits per heavy atom. The number of nitrogens with one attached hydrogen (secondary N) is 1. The number of aromatic nitrogens is 1. The van der Waals surface area contributed by atoms with Crippen LogP contribution in [0, 0.1) is 11.8 Å². The number of aliphatic imine (C=N–C) groups is 1. The van der Waals surface area contributed by atoms with Crippen molar-refractivity contribution in [3.05, 3.63) is 71.3 Å². The summed E-state index contributed by atoms with van der Waals surface area (Å²) in [6.07, 6.45) is 0. The Balaban J connectivity index is 1.55. The predicted molar refractivity (Wildman–Crippen MR) is 107 cm³/mol. The molecule has 0 fully saturated rings. The lowest BCUT2D eigenvalue weighted by Gasteiger charge is -2.18. The topological polar surface area (TPSA) is 63.3 Å². The van der Waals surface area contributed by atoms with E-state index < -0.39 is 0 Å². The van der Waals surface area contributed by atoms with Gasteiger partial charge in [-0.15, -0.1) is 0 Å². The minimum atomic E-state index is 0.0291. The van der Waals surface area contributed by atoms with Gasteiger partial charge < -0.3 is 11.1 Å². The molecule has 0 atom stereocenters. The van der Waals surface area contributed by atoms with Crippen molar-refractivity contribution in [1.29, 1.82) is 0 Å². The summed E-state index contributed by atoms with van der Waals surface area (Å²) in [5, 5.41) is 4.50. The van der Waals surface area contributed by atoms with Gasteiger partial charge in [-0.1, -0.05) is 30.0 Å². The molecule has 1 aliphatic heterocycles. The van der Waals surface area contributed by atoms with E-state index >= 15 is 0 Å². The molecule has 0 aliphatic carbocycles. The summed E-state index contributed by atoms with van der Waals surface area (Å²) < 4.78 is 0.